The second-order valence-corrected chi connectivity index (χ2v) is 5.57. The van der Waals surface area contributed by atoms with Crippen molar-refractivity contribution in [3.63, 3.8) is 0 Å². The molecule has 0 saturated carbocycles. The van der Waals surface area contributed by atoms with E-state index in [1.54, 1.807) is 18.9 Å². The second-order valence-electron chi connectivity index (χ2n) is 5.57. The molecule has 1 saturated heterocycles. The van der Waals surface area contributed by atoms with Crippen molar-refractivity contribution < 1.29 is 19.1 Å². The predicted molar refractivity (Wildman–Crippen MR) is 86.5 cm³/mol. The Labute approximate surface area is 136 Å². The summed E-state index contributed by atoms with van der Waals surface area (Å²) in [5, 5.41) is 2.81. The van der Waals surface area contributed by atoms with E-state index in [-0.39, 0.29) is 11.9 Å². The zero-order valence-electron chi connectivity index (χ0n) is 13.7. The zero-order chi connectivity index (χ0) is 16.7. The van der Waals surface area contributed by atoms with Gasteiger partial charge in [-0.25, -0.2) is 4.79 Å². The SMILES string of the molecule is CCOC(=O)NC1CCCN(C(=O)Cc2cccc(OC)c2)C1. The van der Waals surface area contributed by atoms with E-state index < -0.39 is 6.09 Å². The molecule has 1 atom stereocenters. The first-order chi connectivity index (χ1) is 11.1. The van der Waals surface area contributed by atoms with Crippen LogP contribution >= 0.6 is 0 Å². The van der Waals surface area contributed by atoms with Crippen LogP contribution in [0.25, 0.3) is 0 Å². The Morgan fingerprint density at radius 3 is 2.96 bits per heavy atom. The van der Waals surface area contributed by atoms with Crippen molar-refractivity contribution >= 4 is 12.0 Å². The molecule has 6 heteroatoms. The van der Waals surface area contributed by atoms with Crippen LogP contribution < -0.4 is 10.1 Å². The van der Waals surface area contributed by atoms with Crippen LogP contribution in [0.3, 0.4) is 0 Å². The van der Waals surface area contributed by atoms with E-state index >= 15 is 0 Å². The third-order valence-corrected chi connectivity index (χ3v) is 3.86. The highest BCUT2D eigenvalue weighted by Gasteiger charge is 2.25. The van der Waals surface area contributed by atoms with Gasteiger partial charge in [0.2, 0.25) is 5.91 Å². The van der Waals surface area contributed by atoms with Crippen LogP contribution in [0.1, 0.15) is 25.3 Å². The average Bonchev–Trinajstić information content (AvgIpc) is 2.55. The molecule has 0 aromatic heterocycles. The Morgan fingerprint density at radius 2 is 2.22 bits per heavy atom. The Hall–Kier alpha value is -2.24. The minimum Gasteiger partial charge on any atom is -0.497 e. The molecule has 1 aliphatic heterocycles. The number of carbonyl (C=O) groups excluding carboxylic acids is 2. The fourth-order valence-corrected chi connectivity index (χ4v) is 2.73. The third-order valence-electron chi connectivity index (χ3n) is 3.86. The zero-order valence-corrected chi connectivity index (χ0v) is 13.7. The molecule has 1 unspecified atom stereocenters. The molecule has 2 amide bonds. The van der Waals surface area contributed by atoms with Crippen molar-refractivity contribution in [2.75, 3.05) is 26.8 Å². The van der Waals surface area contributed by atoms with Gasteiger partial charge in [-0.1, -0.05) is 12.1 Å². The highest BCUT2D eigenvalue weighted by atomic mass is 16.5. The molecular formula is C17H24N2O4. The number of carbonyl (C=O) groups is 2. The monoisotopic (exact) mass is 320 g/mol. The number of methoxy groups -OCH3 is 1. The number of nitrogens with zero attached hydrogens (tertiary/aromatic N) is 1. The first kappa shape index (κ1) is 17.1. The molecule has 6 nitrogen and oxygen atoms in total. The molecule has 126 valence electrons. The molecule has 0 aliphatic carbocycles. The summed E-state index contributed by atoms with van der Waals surface area (Å²) < 4.78 is 10.1. The lowest BCUT2D eigenvalue weighted by Crippen LogP contribution is -2.50. The van der Waals surface area contributed by atoms with Crippen LogP contribution in [-0.2, 0) is 16.0 Å². The maximum Gasteiger partial charge on any atom is 0.407 e. The molecule has 1 aromatic carbocycles. The first-order valence-corrected chi connectivity index (χ1v) is 7.96. The molecule has 1 fully saturated rings. The van der Waals surface area contributed by atoms with Crippen LogP contribution in [0.4, 0.5) is 4.79 Å². The van der Waals surface area contributed by atoms with Gasteiger partial charge in [0.05, 0.1) is 20.1 Å². The summed E-state index contributed by atoms with van der Waals surface area (Å²) >= 11 is 0. The van der Waals surface area contributed by atoms with E-state index in [9.17, 15) is 9.59 Å². The van der Waals surface area contributed by atoms with Crippen LogP contribution in [0, 0.1) is 0 Å². The van der Waals surface area contributed by atoms with Crippen molar-refractivity contribution in [1.82, 2.24) is 10.2 Å². The minimum atomic E-state index is -0.417. The van der Waals surface area contributed by atoms with E-state index in [4.69, 9.17) is 9.47 Å². The number of alkyl carbamates (subject to hydrolysis) is 1. The average molecular weight is 320 g/mol. The molecule has 2 rings (SSSR count). The van der Waals surface area contributed by atoms with Crippen molar-refractivity contribution in [3.05, 3.63) is 29.8 Å². The summed E-state index contributed by atoms with van der Waals surface area (Å²) in [6.45, 7) is 3.37. The lowest BCUT2D eigenvalue weighted by molar-refractivity contribution is -0.131. The van der Waals surface area contributed by atoms with E-state index in [1.807, 2.05) is 24.3 Å². The van der Waals surface area contributed by atoms with E-state index in [0.29, 0.717) is 19.6 Å². The number of amides is 2. The molecule has 0 bridgehead atoms. The van der Waals surface area contributed by atoms with Gasteiger partial charge in [-0.2, -0.15) is 0 Å². The van der Waals surface area contributed by atoms with Crippen molar-refractivity contribution in [1.29, 1.82) is 0 Å². The number of rotatable bonds is 5. The van der Waals surface area contributed by atoms with Crippen LogP contribution in [-0.4, -0.2) is 49.7 Å². The number of ether oxygens (including phenoxy) is 2. The molecule has 1 aliphatic rings. The molecule has 1 N–H and O–H groups in total. The van der Waals surface area contributed by atoms with Crippen molar-refractivity contribution in [2.45, 2.75) is 32.2 Å². The highest BCUT2D eigenvalue weighted by molar-refractivity contribution is 5.79. The Morgan fingerprint density at radius 1 is 1.39 bits per heavy atom. The summed E-state index contributed by atoms with van der Waals surface area (Å²) in [4.78, 5) is 25.8. The van der Waals surface area contributed by atoms with Gasteiger partial charge < -0.3 is 19.7 Å². The largest absolute Gasteiger partial charge is 0.497 e. The topological polar surface area (TPSA) is 67.9 Å². The summed E-state index contributed by atoms with van der Waals surface area (Å²) in [6.07, 6.45) is 1.66. The standard InChI is InChI=1S/C17H24N2O4/c1-3-23-17(21)18-14-7-5-9-19(12-14)16(20)11-13-6-4-8-15(10-13)22-2/h4,6,8,10,14H,3,5,7,9,11-12H2,1-2H3,(H,18,21). The normalized spacial score (nSPS) is 17.5. The van der Waals surface area contributed by atoms with Gasteiger partial charge in [0.15, 0.2) is 0 Å². The minimum absolute atomic E-state index is 0.0444. The van der Waals surface area contributed by atoms with Crippen molar-refractivity contribution in [2.24, 2.45) is 0 Å². The van der Waals surface area contributed by atoms with Gasteiger partial charge in [-0.3, -0.25) is 4.79 Å². The molecule has 1 heterocycles. The lowest BCUT2D eigenvalue weighted by atomic mass is 10.0. The van der Waals surface area contributed by atoms with E-state index in [0.717, 1.165) is 30.7 Å². The van der Waals surface area contributed by atoms with E-state index in [2.05, 4.69) is 5.32 Å². The number of hydrogen-bond acceptors (Lipinski definition) is 4. The van der Waals surface area contributed by atoms with Crippen LogP contribution in [0.5, 0.6) is 5.75 Å². The lowest BCUT2D eigenvalue weighted by Gasteiger charge is -2.33. The molecule has 1 aromatic rings. The highest BCUT2D eigenvalue weighted by Crippen LogP contribution is 2.16. The molecule has 0 spiro atoms. The number of benzene rings is 1. The van der Waals surface area contributed by atoms with Crippen LogP contribution in [0.15, 0.2) is 24.3 Å². The summed E-state index contributed by atoms with van der Waals surface area (Å²) in [7, 11) is 1.61. The van der Waals surface area contributed by atoms with Gasteiger partial charge in [0.25, 0.3) is 0 Å². The summed E-state index contributed by atoms with van der Waals surface area (Å²) in [5.74, 6) is 0.810. The fraction of sp³-hybridized carbons (Fsp3) is 0.529. The van der Waals surface area contributed by atoms with Gasteiger partial charge in [0, 0.05) is 19.1 Å². The number of piperidine rings is 1. The first-order valence-electron chi connectivity index (χ1n) is 7.96. The quantitative estimate of drug-likeness (QED) is 0.901. The van der Waals surface area contributed by atoms with Gasteiger partial charge in [-0.05, 0) is 37.5 Å². The molecular weight excluding hydrogens is 296 g/mol. The maximum absolute atomic E-state index is 12.5. The maximum atomic E-state index is 12.5. The van der Waals surface area contributed by atoms with Gasteiger partial charge in [0.1, 0.15) is 5.75 Å². The molecule has 0 radical (unpaired) electrons. The van der Waals surface area contributed by atoms with E-state index in [1.165, 1.54) is 0 Å². The predicted octanol–water partition coefficient (Wildman–Crippen LogP) is 1.97. The fourth-order valence-electron chi connectivity index (χ4n) is 2.73. The second kappa shape index (κ2) is 8.41. The van der Waals surface area contributed by atoms with Gasteiger partial charge >= 0.3 is 6.09 Å². The Balaban J connectivity index is 1.89. The Bertz CT molecular complexity index is 547. The van der Waals surface area contributed by atoms with Crippen LogP contribution in [0.2, 0.25) is 0 Å². The Kier molecular flexibility index (Phi) is 6.26. The summed E-state index contributed by atoms with van der Waals surface area (Å²) in [6, 6.07) is 7.48. The number of nitrogens with one attached hydrogen (secondary N) is 1. The van der Waals surface area contributed by atoms with Crippen molar-refractivity contribution in [3.8, 4) is 5.75 Å². The smallest absolute Gasteiger partial charge is 0.407 e. The number of likely N-dealkylation sites (tertiary alicyclic amines) is 1. The molecule has 23 heavy (non-hydrogen) atoms. The third kappa shape index (κ3) is 5.16. The number of hydrogen-bond donors (Lipinski definition) is 1. The summed E-state index contributed by atoms with van der Waals surface area (Å²) in [5.41, 5.74) is 0.926. The van der Waals surface area contributed by atoms with Gasteiger partial charge in [-0.15, -0.1) is 0 Å².